The highest BCUT2D eigenvalue weighted by molar-refractivity contribution is 5.93. The number of benzene rings is 3. The Bertz CT molecular complexity index is 1950. The molecule has 0 saturated carbocycles. The molecule has 0 saturated heterocycles. The molecule has 0 aliphatic carbocycles. The minimum absolute atomic E-state index is 0.0450. The number of unbranched alkanes of at least 4 members (excludes halogenated alkanes) is 4. The SMILES string of the molecule is CCN(CC)CCCCCNc1nc(N)nc2ccccc12.CCN(CC)CCCCCNc1nc2nc3ccc(cc13)Nc1ccc3c(c1)OCC3N2. The molecule has 5 aromatic rings. The predicted octanol–water partition coefficient (Wildman–Crippen LogP) is 8.29. The van der Waals surface area contributed by atoms with E-state index in [0.717, 1.165) is 108 Å². The first-order chi connectivity index (χ1) is 26.5. The van der Waals surface area contributed by atoms with Gasteiger partial charge in [0.1, 0.15) is 24.0 Å². The van der Waals surface area contributed by atoms with Crippen LogP contribution in [-0.2, 0) is 0 Å². The number of fused-ring (bicyclic) bond motifs is 1. The Morgan fingerprint density at radius 2 is 1.31 bits per heavy atom. The van der Waals surface area contributed by atoms with Gasteiger partial charge in [0.25, 0.3) is 0 Å². The number of hydrogen-bond donors (Lipinski definition) is 5. The van der Waals surface area contributed by atoms with Crippen LogP contribution in [-0.4, -0.2) is 88.7 Å². The fourth-order valence-electron chi connectivity index (χ4n) is 7.13. The molecular formula is C42H59N11O. The molecule has 8 bridgehead atoms. The number of hydrogen-bond acceptors (Lipinski definition) is 12. The van der Waals surface area contributed by atoms with Gasteiger partial charge in [-0.15, -0.1) is 0 Å². The van der Waals surface area contributed by atoms with Crippen LogP contribution >= 0.6 is 0 Å². The molecule has 7 heterocycles. The zero-order chi connectivity index (χ0) is 37.7. The number of ether oxygens (including phenoxy) is 1. The van der Waals surface area contributed by atoms with Crippen molar-refractivity contribution in [2.24, 2.45) is 0 Å². The van der Waals surface area contributed by atoms with Crippen molar-refractivity contribution in [2.75, 3.05) is 86.0 Å². The van der Waals surface area contributed by atoms with Crippen LogP contribution in [0.5, 0.6) is 5.75 Å². The first kappa shape index (κ1) is 38.8. The lowest BCUT2D eigenvalue weighted by Gasteiger charge is -2.17. The van der Waals surface area contributed by atoms with E-state index in [9.17, 15) is 0 Å². The maximum absolute atomic E-state index is 5.92. The van der Waals surface area contributed by atoms with Crippen molar-refractivity contribution in [3.8, 4) is 5.75 Å². The summed E-state index contributed by atoms with van der Waals surface area (Å²) in [4.78, 5) is 23.2. The normalized spacial score (nSPS) is 14.1. The number of nitrogens with one attached hydrogen (secondary N) is 4. The van der Waals surface area contributed by atoms with Crippen molar-refractivity contribution in [1.29, 1.82) is 0 Å². The summed E-state index contributed by atoms with van der Waals surface area (Å²) >= 11 is 0. The van der Waals surface area contributed by atoms with Gasteiger partial charge in [-0.1, -0.05) is 58.7 Å². The molecule has 0 amide bonds. The third-order valence-electron chi connectivity index (χ3n) is 10.4. The zero-order valence-electron chi connectivity index (χ0n) is 32.6. The van der Waals surface area contributed by atoms with E-state index < -0.39 is 0 Å². The second-order valence-electron chi connectivity index (χ2n) is 14.0. The molecule has 0 spiro atoms. The van der Waals surface area contributed by atoms with Gasteiger partial charge in [0.15, 0.2) is 0 Å². The van der Waals surface area contributed by atoms with Crippen LogP contribution in [0.2, 0.25) is 0 Å². The summed E-state index contributed by atoms with van der Waals surface area (Å²) in [7, 11) is 0. The fourth-order valence-corrected chi connectivity index (χ4v) is 7.13. The van der Waals surface area contributed by atoms with Gasteiger partial charge in [-0.25, -0.2) is 9.97 Å². The van der Waals surface area contributed by atoms with Gasteiger partial charge < -0.3 is 41.5 Å². The summed E-state index contributed by atoms with van der Waals surface area (Å²) in [5.74, 6) is 3.58. The standard InChI is InChI=1S/C25H32N6O.C17H27N5/c1-3-31(4-2)13-7-5-6-12-26-24-20-14-17-9-11-21(20)28-25(30-24)29-22-16-32-23-15-18(27-17)8-10-19(22)23;1-3-22(4-2)13-9-5-8-12-19-16-14-10-6-7-11-15(14)20-17(18)21-16/h8-11,14-15,22,27H,3-7,12-13,16H2,1-2H3,(H2,26,28,29,30);6-7,10-11H,3-5,8-9,12-13H2,1-2H3,(H3,18,19,20,21). The molecule has 5 aliphatic heterocycles. The summed E-state index contributed by atoms with van der Waals surface area (Å²) < 4.78 is 5.92. The van der Waals surface area contributed by atoms with E-state index in [-0.39, 0.29) is 6.04 Å². The zero-order valence-corrected chi connectivity index (χ0v) is 32.6. The molecule has 12 heteroatoms. The van der Waals surface area contributed by atoms with Gasteiger partial charge in [0.05, 0.1) is 17.1 Å². The number of nitrogens with zero attached hydrogens (tertiary/aromatic N) is 6. The Labute approximate surface area is 320 Å². The molecule has 2 aromatic heterocycles. The largest absolute Gasteiger partial charge is 0.491 e. The summed E-state index contributed by atoms with van der Waals surface area (Å²) in [6.07, 6.45) is 7.17. The molecule has 12 nitrogen and oxygen atoms in total. The van der Waals surface area contributed by atoms with Gasteiger partial charge in [-0.05, 0) is 101 Å². The Kier molecular flexibility index (Phi) is 13.9. The minimum atomic E-state index is 0.0450. The number of nitrogen functional groups attached to an aromatic ring is 1. The molecule has 1 atom stereocenters. The van der Waals surface area contributed by atoms with E-state index in [0.29, 0.717) is 18.5 Å². The van der Waals surface area contributed by atoms with Crippen molar-refractivity contribution in [3.05, 3.63) is 66.2 Å². The first-order valence-electron chi connectivity index (χ1n) is 20.0. The van der Waals surface area contributed by atoms with Crippen LogP contribution in [0.4, 0.5) is 34.9 Å². The lowest BCUT2D eigenvalue weighted by Crippen LogP contribution is -2.24. The van der Waals surface area contributed by atoms with E-state index in [2.05, 4.69) is 105 Å². The topological polar surface area (TPSA) is 141 Å². The Morgan fingerprint density at radius 3 is 2.02 bits per heavy atom. The van der Waals surface area contributed by atoms with E-state index in [1.54, 1.807) is 0 Å². The van der Waals surface area contributed by atoms with Crippen LogP contribution in [0, 0.1) is 0 Å². The first-order valence-corrected chi connectivity index (χ1v) is 20.0. The summed E-state index contributed by atoms with van der Waals surface area (Å²) in [5, 5.41) is 16.0. The molecule has 0 radical (unpaired) electrons. The van der Waals surface area contributed by atoms with Gasteiger partial charge in [-0.2, -0.15) is 9.97 Å². The van der Waals surface area contributed by atoms with E-state index >= 15 is 0 Å². The fraction of sp³-hybridized carbons (Fsp3) is 0.476. The number of aromatic nitrogens is 4. The van der Waals surface area contributed by atoms with Gasteiger partial charge >= 0.3 is 0 Å². The Balaban J connectivity index is 0.000000199. The van der Waals surface area contributed by atoms with Crippen molar-refractivity contribution in [2.45, 2.75) is 72.3 Å². The van der Waals surface area contributed by atoms with E-state index in [1.807, 2.05) is 24.3 Å². The van der Waals surface area contributed by atoms with E-state index in [1.165, 1.54) is 38.8 Å². The predicted molar refractivity (Wildman–Crippen MR) is 225 cm³/mol. The van der Waals surface area contributed by atoms with Crippen LogP contribution in [0.3, 0.4) is 0 Å². The van der Waals surface area contributed by atoms with Crippen molar-refractivity contribution < 1.29 is 4.74 Å². The highest BCUT2D eigenvalue weighted by Gasteiger charge is 2.26. The molecule has 10 rings (SSSR count). The molecule has 5 aliphatic rings. The molecule has 3 aromatic carbocycles. The van der Waals surface area contributed by atoms with Gasteiger partial charge in [0, 0.05) is 46.9 Å². The molecule has 1 unspecified atom stereocenters. The number of rotatable bonds is 18. The molecule has 0 fully saturated rings. The Hall–Kier alpha value is -4.94. The van der Waals surface area contributed by atoms with Crippen molar-refractivity contribution in [3.63, 3.8) is 0 Å². The molecular weight excluding hydrogens is 675 g/mol. The van der Waals surface area contributed by atoms with E-state index in [4.69, 9.17) is 20.4 Å². The summed E-state index contributed by atoms with van der Waals surface area (Å²) in [6, 6.07) is 20.5. The summed E-state index contributed by atoms with van der Waals surface area (Å²) in [6.45, 7) is 18.2. The highest BCUT2D eigenvalue weighted by atomic mass is 16.5. The van der Waals surface area contributed by atoms with Crippen molar-refractivity contribution >= 4 is 56.7 Å². The molecule has 288 valence electrons. The number of para-hydroxylation sites is 1. The van der Waals surface area contributed by atoms with Gasteiger partial charge in [0.2, 0.25) is 11.9 Å². The lowest BCUT2D eigenvalue weighted by molar-refractivity contribution is 0.296. The number of nitrogens with two attached hydrogens (primary N) is 1. The Morgan fingerprint density at radius 1 is 0.685 bits per heavy atom. The van der Waals surface area contributed by atoms with Crippen molar-refractivity contribution in [1.82, 2.24) is 29.7 Å². The average Bonchev–Trinajstić information content (AvgIpc) is 3.60. The quantitative estimate of drug-likeness (QED) is 0.0554. The monoisotopic (exact) mass is 733 g/mol. The lowest BCUT2D eigenvalue weighted by atomic mass is 10.1. The maximum atomic E-state index is 5.92. The summed E-state index contributed by atoms with van der Waals surface area (Å²) in [5.41, 5.74) is 10.8. The van der Waals surface area contributed by atoms with Crippen LogP contribution in [0.1, 0.15) is 77.8 Å². The average molecular weight is 734 g/mol. The third kappa shape index (κ3) is 10.2. The number of anilines is 6. The highest BCUT2D eigenvalue weighted by Crippen LogP contribution is 2.38. The second-order valence-corrected chi connectivity index (χ2v) is 14.0. The molecule has 6 N–H and O–H groups in total. The minimum Gasteiger partial charge on any atom is -0.491 e. The van der Waals surface area contributed by atoms with Crippen LogP contribution < -0.4 is 31.7 Å². The molecule has 54 heavy (non-hydrogen) atoms. The van der Waals surface area contributed by atoms with Gasteiger partial charge in [-0.3, -0.25) is 0 Å². The second kappa shape index (κ2) is 19.4. The van der Waals surface area contributed by atoms with Crippen LogP contribution in [0.25, 0.3) is 21.8 Å². The van der Waals surface area contributed by atoms with Crippen LogP contribution in [0.15, 0.2) is 60.7 Å². The maximum Gasteiger partial charge on any atom is 0.225 e. The smallest absolute Gasteiger partial charge is 0.225 e. The third-order valence-corrected chi connectivity index (χ3v) is 10.4.